The molecular formula is C10H5BrClF3O2. The minimum Gasteiger partial charge on any atom is -0.481 e. The van der Waals surface area contributed by atoms with Crippen LogP contribution in [0.4, 0.5) is 13.2 Å². The topological polar surface area (TPSA) is 37.3 Å². The van der Waals surface area contributed by atoms with Gasteiger partial charge in [-0.1, -0.05) is 11.6 Å². The zero-order valence-electron chi connectivity index (χ0n) is 8.16. The maximum absolute atomic E-state index is 13.7. The van der Waals surface area contributed by atoms with Crippen LogP contribution in [0.25, 0.3) is 0 Å². The molecule has 2 nitrogen and oxygen atoms in total. The third-order valence-corrected chi connectivity index (χ3v) is 3.90. The minimum atomic E-state index is -1.59. The lowest BCUT2D eigenvalue weighted by Crippen LogP contribution is -2.23. The third kappa shape index (κ3) is 1.65. The van der Waals surface area contributed by atoms with Crippen LogP contribution < -0.4 is 0 Å². The molecule has 0 unspecified atom stereocenters. The number of benzene rings is 1. The predicted octanol–water partition coefficient (Wildman–Crippen LogP) is 3.64. The normalized spacial score (nSPS) is 17.0. The number of hydrogen-bond acceptors (Lipinski definition) is 1. The molecule has 0 bridgehead atoms. The first kappa shape index (κ1) is 12.7. The van der Waals surface area contributed by atoms with E-state index in [0.717, 1.165) is 0 Å². The average Bonchev–Trinajstić information content (AvgIpc) is 3.05. The molecule has 0 aliphatic heterocycles. The molecule has 1 aromatic rings. The van der Waals surface area contributed by atoms with Crippen LogP contribution in [0.3, 0.4) is 0 Å². The highest BCUT2D eigenvalue weighted by atomic mass is 79.9. The summed E-state index contributed by atoms with van der Waals surface area (Å²) in [4.78, 5) is 11.0. The van der Waals surface area contributed by atoms with Crippen LogP contribution in [-0.2, 0) is 10.2 Å². The number of aliphatic carboxylic acids is 1. The maximum Gasteiger partial charge on any atom is 0.314 e. The zero-order valence-corrected chi connectivity index (χ0v) is 10.5. The van der Waals surface area contributed by atoms with Crippen molar-refractivity contribution in [1.29, 1.82) is 0 Å². The average molecular weight is 329 g/mol. The van der Waals surface area contributed by atoms with Crippen LogP contribution >= 0.6 is 27.5 Å². The van der Waals surface area contributed by atoms with Crippen molar-refractivity contribution in [2.75, 3.05) is 0 Å². The molecule has 1 saturated carbocycles. The fraction of sp³-hybridized carbons (Fsp3) is 0.300. The van der Waals surface area contributed by atoms with E-state index in [1.165, 1.54) is 0 Å². The third-order valence-electron chi connectivity index (χ3n) is 2.85. The fourth-order valence-electron chi connectivity index (χ4n) is 1.72. The Labute approximate surface area is 108 Å². The van der Waals surface area contributed by atoms with E-state index < -0.39 is 43.9 Å². The SMILES string of the molecule is O=C(O)C1(c2c(F)c(F)c(Br)c(F)c2Cl)CC1. The smallest absolute Gasteiger partial charge is 0.314 e. The first-order valence-electron chi connectivity index (χ1n) is 4.58. The molecule has 0 spiro atoms. The van der Waals surface area contributed by atoms with Crippen molar-refractivity contribution in [2.45, 2.75) is 18.3 Å². The summed E-state index contributed by atoms with van der Waals surface area (Å²) in [6.45, 7) is 0. The van der Waals surface area contributed by atoms with Crippen molar-refractivity contribution in [1.82, 2.24) is 0 Å². The number of carboxylic acids is 1. The van der Waals surface area contributed by atoms with Gasteiger partial charge in [0, 0.05) is 5.56 Å². The highest BCUT2D eigenvalue weighted by Gasteiger charge is 2.55. The Morgan fingerprint density at radius 2 is 1.76 bits per heavy atom. The van der Waals surface area contributed by atoms with Gasteiger partial charge in [0.05, 0.1) is 14.9 Å². The summed E-state index contributed by atoms with van der Waals surface area (Å²) in [5.74, 6) is -5.40. The van der Waals surface area contributed by atoms with E-state index in [2.05, 4.69) is 15.9 Å². The standard InChI is InChI=1S/C10H5BrClF3O2/c11-4-7(14)5(12)3(6(13)8(4)15)10(1-2-10)9(16)17/h1-2H2,(H,16,17). The summed E-state index contributed by atoms with van der Waals surface area (Å²) in [6.07, 6.45) is 0.221. The summed E-state index contributed by atoms with van der Waals surface area (Å²) < 4.78 is 39.8. The molecular weight excluding hydrogens is 324 g/mol. The van der Waals surface area contributed by atoms with E-state index in [1.807, 2.05) is 0 Å². The molecule has 1 N–H and O–H groups in total. The van der Waals surface area contributed by atoms with Gasteiger partial charge in [0.15, 0.2) is 17.5 Å². The molecule has 0 saturated heterocycles. The van der Waals surface area contributed by atoms with Gasteiger partial charge in [-0.2, -0.15) is 0 Å². The van der Waals surface area contributed by atoms with E-state index >= 15 is 0 Å². The Kier molecular flexibility index (Phi) is 2.90. The van der Waals surface area contributed by atoms with Gasteiger partial charge in [0.1, 0.15) is 0 Å². The number of carboxylic acid groups (broad SMARTS) is 1. The summed E-state index contributed by atoms with van der Waals surface area (Å²) in [5.41, 5.74) is -2.20. The molecule has 0 atom stereocenters. The molecule has 2 rings (SSSR count). The Bertz CT molecular complexity index is 500. The number of carbonyl (C=O) groups is 1. The van der Waals surface area contributed by atoms with Crippen LogP contribution in [0.2, 0.25) is 5.02 Å². The van der Waals surface area contributed by atoms with E-state index in [4.69, 9.17) is 16.7 Å². The Balaban J connectivity index is 2.76. The highest BCUT2D eigenvalue weighted by Crippen LogP contribution is 2.53. The summed E-state index contributed by atoms with van der Waals surface area (Å²) >= 11 is 8.09. The molecule has 1 fully saturated rings. The van der Waals surface area contributed by atoms with Crippen LogP contribution in [0.1, 0.15) is 18.4 Å². The maximum atomic E-state index is 13.7. The first-order chi connectivity index (χ1) is 7.83. The van der Waals surface area contributed by atoms with Gasteiger partial charge >= 0.3 is 5.97 Å². The molecule has 0 radical (unpaired) electrons. The van der Waals surface area contributed by atoms with Crippen molar-refractivity contribution < 1.29 is 23.1 Å². The second-order valence-corrected chi connectivity index (χ2v) is 5.00. The van der Waals surface area contributed by atoms with Crippen molar-refractivity contribution in [3.8, 4) is 0 Å². The zero-order chi connectivity index (χ0) is 13.0. The van der Waals surface area contributed by atoms with E-state index in [1.54, 1.807) is 0 Å². The van der Waals surface area contributed by atoms with Gasteiger partial charge in [-0.25, -0.2) is 13.2 Å². The van der Waals surface area contributed by atoms with Crippen molar-refractivity contribution in [3.63, 3.8) is 0 Å². The summed E-state index contributed by atoms with van der Waals surface area (Å²) in [6, 6.07) is 0. The van der Waals surface area contributed by atoms with Crippen LogP contribution in [-0.4, -0.2) is 11.1 Å². The lowest BCUT2D eigenvalue weighted by molar-refractivity contribution is -0.140. The Morgan fingerprint density at radius 1 is 1.24 bits per heavy atom. The molecule has 1 aromatic carbocycles. The number of hydrogen-bond donors (Lipinski definition) is 1. The lowest BCUT2D eigenvalue weighted by atomic mass is 9.95. The lowest BCUT2D eigenvalue weighted by Gasteiger charge is -2.15. The monoisotopic (exact) mass is 328 g/mol. The fourth-order valence-corrected chi connectivity index (χ4v) is 2.57. The first-order valence-corrected chi connectivity index (χ1v) is 5.75. The summed E-state index contributed by atoms with van der Waals surface area (Å²) in [5, 5.41) is 8.29. The van der Waals surface area contributed by atoms with E-state index in [0.29, 0.717) is 0 Å². The Hall–Kier alpha value is -0.750. The van der Waals surface area contributed by atoms with E-state index in [-0.39, 0.29) is 12.8 Å². The van der Waals surface area contributed by atoms with Gasteiger partial charge in [0.25, 0.3) is 0 Å². The van der Waals surface area contributed by atoms with Crippen LogP contribution in [0.15, 0.2) is 4.47 Å². The Morgan fingerprint density at radius 3 is 2.18 bits per heavy atom. The number of rotatable bonds is 2. The highest BCUT2D eigenvalue weighted by molar-refractivity contribution is 9.10. The van der Waals surface area contributed by atoms with Crippen molar-refractivity contribution in [2.24, 2.45) is 0 Å². The van der Waals surface area contributed by atoms with Crippen LogP contribution in [0.5, 0.6) is 0 Å². The van der Waals surface area contributed by atoms with Crippen molar-refractivity contribution >= 4 is 33.5 Å². The molecule has 17 heavy (non-hydrogen) atoms. The molecule has 0 amide bonds. The van der Waals surface area contributed by atoms with Gasteiger partial charge in [-0.15, -0.1) is 0 Å². The van der Waals surface area contributed by atoms with Crippen molar-refractivity contribution in [3.05, 3.63) is 32.5 Å². The van der Waals surface area contributed by atoms with Gasteiger partial charge in [-0.05, 0) is 28.8 Å². The molecule has 92 valence electrons. The van der Waals surface area contributed by atoms with Crippen LogP contribution in [0, 0.1) is 17.5 Å². The minimum absolute atomic E-state index is 0.111. The summed E-state index contributed by atoms with van der Waals surface area (Å²) in [7, 11) is 0. The predicted molar refractivity (Wildman–Crippen MR) is 57.6 cm³/mol. The van der Waals surface area contributed by atoms with Gasteiger partial charge < -0.3 is 5.11 Å². The molecule has 1 aliphatic rings. The molecule has 7 heteroatoms. The molecule has 1 aliphatic carbocycles. The second-order valence-electron chi connectivity index (χ2n) is 3.83. The number of halogens is 5. The van der Waals surface area contributed by atoms with Gasteiger partial charge in [-0.3, -0.25) is 4.79 Å². The largest absolute Gasteiger partial charge is 0.481 e. The van der Waals surface area contributed by atoms with Gasteiger partial charge in [0.2, 0.25) is 0 Å². The molecule has 0 aromatic heterocycles. The second kappa shape index (κ2) is 3.88. The molecule has 0 heterocycles. The quantitative estimate of drug-likeness (QED) is 0.664. The van der Waals surface area contributed by atoms with E-state index in [9.17, 15) is 18.0 Å².